The van der Waals surface area contributed by atoms with Crippen molar-refractivity contribution in [3.05, 3.63) is 50.4 Å². The number of likely N-dealkylation sites (N-methyl/N-ethyl adjacent to an activating group) is 1. The summed E-state index contributed by atoms with van der Waals surface area (Å²) in [5.74, 6) is -2.08. The first-order valence-corrected chi connectivity index (χ1v) is 14.5. The van der Waals surface area contributed by atoms with Gasteiger partial charge in [-0.25, -0.2) is 0 Å². The predicted octanol–water partition coefficient (Wildman–Crippen LogP) is 3.87. The fraction of sp³-hybridized carbons (Fsp3) is 0.600. The quantitative estimate of drug-likeness (QED) is 0.368. The lowest BCUT2D eigenvalue weighted by Gasteiger charge is -2.53. The average molecular weight is 574 g/mol. The molecule has 0 unspecified atom stereocenters. The molecule has 4 atom stereocenters. The Kier molecular flexibility index (Phi) is 7.72. The van der Waals surface area contributed by atoms with Gasteiger partial charge in [0.1, 0.15) is 22.9 Å². The minimum Gasteiger partial charge on any atom is -0.510 e. The van der Waals surface area contributed by atoms with Crippen LogP contribution in [0.4, 0.5) is 0 Å². The molecule has 0 saturated heterocycles. The lowest BCUT2D eigenvalue weighted by Crippen LogP contribution is -2.60. The topological polar surface area (TPSA) is 137 Å². The molecule has 0 aliphatic heterocycles. The van der Waals surface area contributed by atoms with E-state index in [1.165, 1.54) is 26.4 Å². The van der Waals surface area contributed by atoms with E-state index in [-0.39, 0.29) is 40.4 Å². The molecular formula is C30H40ClN3O6. The lowest BCUT2D eigenvalue weighted by molar-refractivity contribution is -0.121. The van der Waals surface area contributed by atoms with E-state index >= 15 is 0 Å². The van der Waals surface area contributed by atoms with Crippen molar-refractivity contribution in [2.45, 2.75) is 63.6 Å². The largest absolute Gasteiger partial charge is 0.510 e. The first-order valence-electron chi connectivity index (χ1n) is 14.1. The number of aliphatic hydroxyl groups excluding tert-OH is 2. The Morgan fingerprint density at radius 2 is 1.95 bits per heavy atom. The molecule has 218 valence electrons. The standard InChI is InChI=1S/C30H40ClN3O6/c1-5-34(13-15-7-6-8-15)14-17-11-21(35)23-18(24(17)31)9-16-10-20-25(33(2)3)26(36)19(29(32)39)12-30(20,40-4)28(38)22(16)27(23)37/h11,15-16,20,25,35-36,38H,5-10,12-14H2,1-4H3,(H2,32,39)/t16-,20-,25-,30-/m0/s1. The Labute approximate surface area is 240 Å². The molecule has 0 radical (unpaired) electrons. The molecule has 0 bridgehead atoms. The van der Waals surface area contributed by atoms with Gasteiger partial charge in [-0.15, -0.1) is 0 Å². The minimum atomic E-state index is -1.44. The number of ketones is 1. The van der Waals surface area contributed by atoms with Crippen molar-refractivity contribution in [2.75, 3.05) is 34.3 Å². The number of methoxy groups -OCH3 is 1. The molecule has 1 amide bonds. The Morgan fingerprint density at radius 1 is 1.25 bits per heavy atom. The Bertz CT molecular complexity index is 1300. The van der Waals surface area contributed by atoms with Gasteiger partial charge in [0, 0.05) is 43.1 Å². The van der Waals surface area contributed by atoms with Gasteiger partial charge < -0.3 is 25.8 Å². The number of rotatable bonds is 8. The number of amides is 1. The van der Waals surface area contributed by atoms with Crippen LogP contribution in [0.3, 0.4) is 0 Å². The summed E-state index contributed by atoms with van der Waals surface area (Å²) in [6.07, 6.45) is 4.31. The molecule has 0 aromatic heterocycles. The Hall–Kier alpha value is -2.59. The van der Waals surface area contributed by atoms with E-state index in [1.54, 1.807) is 25.1 Å². The van der Waals surface area contributed by atoms with Gasteiger partial charge >= 0.3 is 0 Å². The van der Waals surface area contributed by atoms with E-state index in [0.717, 1.165) is 18.7 Å². The summed E-state index contributed by atoms with van der Waals surface area (Å²) >= 11 is 6.97. The number of carbonyl (C=O) groups excluding carboxylic acids is 2. The van der Waals surface area contributed by atoms with Gasteiger partial charge in [-0.1, -0.05) is 24.9 Å². The van der Waals surface area contributed by atoms with E-state index < -0.39 is 35.2 Å². The van der Waals surface area contributed by atoms with Gasteiger partial charge in [0.2, 0.25) is 5.91 Å². The van der Waals surface area contributed by atoms with E-state index in [9.17, 15) is 24.9 Å². The van der Waals surface area contributed by atoms with Crippen molar-refractivity contribution in [1.29, 1.82) is 0 Å². The maximum absolute atomic E-state index is 14.0. The molecule has 4 aliphatic rings. The summed E-state index contributed by atoms with van der Waals surface area (Å²) in [6, 6.07) is 0.906. The zero-order valence-corrected chi connectivity index (χ0v) is 24.4. The number of ether oxygens (including phenoxy) is 1. The molecule has 4 aliphatic carbocycles. The number of nitrogens with zero attached hydrogens (tertiary/aromatic N) is 2. The Morgan fingerprint density at radius 3 is 2.50 bits per heavy atom. The van der Waals surface area contributed by atoms with Crippen molar-refractivity contribution < 1.29 is 29.6 Å². The SMILES string of the molecule is CCN(Cc1cc(O)c2c(c1Cl)C[C@H]1C[C@H]3[C@H](N(C)C)C(O)=C(C(N)=O)C[C@@]3(OC)C(O)=C1C2=O)CC1CCC1. The normalized spacial score (nSPS) is 28.5. The van der Waals surface area contributed by atoms with Gasteiger partial charge in [0.15, 0.2) is 5.78 Å². The molecule has 10 heteroatoms. The highest BCUT2D eigenvalue weighted by atomic mass is 35.5. The number of carbonyl (C=O) groups is 2. The number of benzene rings is 1. The number of aliphatic hydroxyl groups is 2. The molecule has 9 nitrogen and oxygen atoms in total. The second-order valence-electron chi connectivity index (χ2n) is 12.1. The minimum absolute atomic E-state index is 0.0380. The van der Waals surface area contributed by atoms with Crippen LogP contribution in [0.25, 0.3) is 0 Å². The number of fused-ring (bicyclic) bond motifs is 3. The van der Waals surface area contributed by atoms with Crippen LogP contribution < -0.4 is 5.73 Å². The number of hydrogen-bond donors (Lipinski definition) is 4. The fourth-order valence-electron chi connectivity index (χ4n) is 7.44. The summed E-state index contributed by atoms with van der Waals surface area (Å²) < 4.78 is 5.93. The van der Waals surface area contributed by atoms with Gasteiger partial charge in [-0.3, -0.25) is 19.4 Å². The van der Waals surface area contributed by atoms with Crippen LogP contribution in [-0.4, -0.2) is 82.7 Å². The van der Waals surface area contributed by atoms with Crippen LogP contribution in [0.5, 0.6) is 5.75 Å². The van der Waals surface area contributed by atoms with Gasteiger partial charge in [-0.05, 0) is 75.4 Å². The molecule has 0 heterocycles. The smallest absolute Gasteiger partial charge is 0.248 e. The van der Waals surface area contributed by atoms with Crippen LogP contribution in [0.1, 0.15) is 60.5 Å². The zero-order chi connectivity index (χ0) is 29.1. The second-order valence-corrected chi connectivity index (χ2v) is 12.5. The summed E-state index contributed by atoms with van der Waals surface area (Å²) in [4.78, 5) is 30.4. The molecule has 0 spiro atoms. The van der Waals surface area contributed by atoms with Crippen LogP contribution in [0.15, 0.2) is 28.7 Å². The van der Waals surface area contributed by atoms with Crippen molar-refractivity contribution in [2.24, 2.45) is 23.5 Å². The molecule has 40 heavy (non-hydrogen) atoms. The summed E-state index contributed by atoms with van der Waals surface area (Å²) in [5, 5.41) is 34.4. The van der Waals surface area contributed by atoms with E-state index in [0.29, 0.717) is 35.9 Å². The number of phenols is 1. The fourth-order valence-corrected chi connectivity index (χ4v) is 7.72. The number of primary amides is 1. The monoisotopic (exact) mass is 573 g/mol. The number of phenolic OH excluding ortho intramolecular Hbond substituents is 1. The third-order valence-electron chi connectivity index (χ3n) is 9.75. The summed E-state index contributed by atoms with van der Waals surface area (Å²) in [7, 11) is 4.96. The maximum atomic E-state index is 14.0. The first kappa shape index (κ1) is 28.9. The first-order chi connectivity index (χ1) is 18.9. The number of aromatic hydroxyl groups is 1. The van der Waals surface area contributed by atoms with Crippen molar-refractivity contribution in [3.63, 3.8) is 0 Å². The number of nitrogens with two attached hydrogens (primary N) is 1. The highest BCUT2D eigenvalue weighted by Crippen LogP contribution is 2.55. The van der Waals surface area contributed by atoms with E-state index in [1.807, 2.05) is 0 Å². The number of Topliss-reactive ketones (excluding diaryl/α,β-unsaturated/α-hetero) is 1. The molecule has 5 N–H and O–H groups in total. The second kappa shape index (κ2) is 10.7. The maximum Gasteiger partial charge on any atom is 0.248 e. The molecule has 5 rings (SSSR count). The predicted molar refractivity (Wildman–Crippen MR) is 151 cm³/mol. The van der Waals surface area contributed by atoms with Crippen LogP contribution >= 0.6 is 11.6 Å². The van der Waals surface area contributed by atoms with E-state index in [2.05, 4.69) is 11.8 Å². The lowest BCUT2D eigenvalue weighted by atomic mass is 9.59. The molecular weight excluding hydrogens is 534 g/mol. The zero-order valence-electron chi connectivity index (χ0n) is 23.7. The Balaban J connectivity index is 1.57. The van der Waals surface area contributed by atoms with E-state index in [4.69, 9.17) is 22.1 Å². The van der Waals surface area contributed by atoms with Gasteiger partial charge in [-0.2, -0.15) is 0 Å². The molecule has 1 fully saturated rings. The molecule has 1 aromatic carbocycles. The summed E-state index contributed by atoms with van der Waals surface area (Å²) in [5.41, 5.74) is 5.76. The number of hydrogen-bond acceptors (Lipinski definition) is 8. The van der Waals surface area contributed by atoms with Crippen molar-refractivity contribution >= 4 is 23.3 Å². The van der Waals surface area contributed by atoms with Gasteiger partial charge in [0.25, 0.3) is 0 Å². The molecule has 1 aromatic rings. The van der Waals surface area contributed by atoms with Gasteiger partial charge in [0.05, 0.1) is 17.2 Å². The molecule has 1 saturated carbocycles. The average Bonchev–Trinajstić information content (AvgIpc) is 2.87. The van der Waals surface area contributed by atoms with Crippen molar-refractivity contribution in [1.82, 2.24) is 9.80 Å². The summed E-state index contributed by atoms with van der Waals surface area (Å²) in [6.45, 7) is 4.51. The van der Waals surface area contributed by atoms with Crippen molar-refractivity contribution in [3.8, 4) is 5.75 Å². The number of allylic oxidation sites excluding steroid dienone is 1. The third kappa shape index (κ3) is 4.42. The van der Waals surface area contributed by atoms with Crippen LogP contribution in [-0.2, 0) is 22.5 Å². The van der Waals surface area contributed by atoms with Crippen LogP contribution in [0, 0.1) is 17.8 Å². The highest BCUT2D eigenvalue weighted by molar-refractivity contribution is 6.33. The number of halogens is 1. The van der Waals surface area contributed by atoms with Crippen LogP contribution in [0.2, 0.25) is 5.02 Å². The third-order valence-corrected chi connectivity index (χ3v) is 10.2. The highest BCUT2D eigenvalue weighted by Gasteiger charge is 2.59.